The minimum Gasteiger partial charge on any atom is -0.385 e. The average molecular weight is 355 g/mol. The van der Waals surface area contributed by atoms with Crippen LogP contribution >= 0.6 is 23.2 Å². The first-order chi connectivity index (χ1) is 11.1. The zero-order valence-corrected chi connectivity index (χ0v) is 14.0. The second-order valence-corrected chi connectivity index (χ2v) is 5.48. The van der Waals surface area contributed by atoms with E-state index in [-0.39, 0.29) is 11.6 Å². The number of hydrogen-bond acceptors (Lipinski definition) is 5. The minimum atomic E-state index is -0.277. The van der Waals surface area contributed by atoms with Crippen LogP contribution in [0.3, 0.4) is 0 Å². The van der Waals surface area contributed by atoms with E-state index in [0.29, 0.717) is 34.7 Å². The molecule has 0 atom stereocenters. The Bertz CT molecular complexity index is 665. The number of methoxy groups -OCH3 is 1. The summed E-state index contributed by atoms with van der Waals surface area (Å²) >= 11 is 12.0. The van der Waals surface area contributed by atoms with Crippen molar-refractivity contribution in [3.63, 3.8) is 0 Å². The first kappa shape index (κ1) is 17.5. The van der Waals surface area contributed by atoms with E-state index in [2.05, 4.69) is 20.6 Å². The average Bonchev–Trinajstić information content (AvgIpc) is 2.55. The number of nitrogens with zero attached hydrogens (tertiary/aromatic N) is 2. The molecule has 0 aliphatic rings. The second-order valence-electron chi connectivity index (χ2n) is 4.64. The van der Waals surface area contributed by atoms with Gasteiger partial charge in [0, 0.05) is 25.3 Å². The van der Waals surface area contributed by atoms with E-state index in [0.717, 1.165) is 6.42 Å². The number of carbonyl (C=O) groups excluding carboxylic acids is 1. The lowest BCUT2D eigenvalue weighted by Crippen LogP contribution is -2.26. The van der Waals surface area contributed by atoms with Crippen molar-refractivity contribution < 1.29 is 9.53 Å². The third kappa shape index (κ3) is 5.35. The summed E-state index contributed by atoms with van der Waals surface area (Å²) in [7, 11) is 1.62. The van der Waals surface area contributed by atoms with Crippen LogP contribution in [-0.4, -0.2) is 36.1 Å². The number of benzene rings is 1. The van der Waals surface area contributed by atoms with E-state index >= 15 is 0 Å². The fraction of sp³-hybridized carbons (Fsp3) is 0.267. The molecule has 0 bridgehead atoms. The number of halogens is 2. The number of hydrogen-bond donors (Lipinski definition) is 2. The third-order valence-corrected chi connectivity index (χ3v) is 3.45. The number of nitrogens with one attached hydrogen (secondary N) is 2. The van der Waals surface area contributed by atoms with Gasteiger partial charge in [0.1, 0.15) is 11.5 Å². The fourth-order valence-corrected chi connectivity index (χ4v) is 2.09. The molecule has 0 fully saturated rings. The number of rotatable bonds is 7. The molecule has 8 heteroatoms. The van der Waals surface area contributed by atoms with E-state index in [1.165, 1.54) is 12.4 Å². The van der Waals surface area contributed by atoms with Crippen molar-refractivity contribution in [2.75, 3.05) is 25.6 Å². The van der Waals surface area contributed by atoms with E-state index in [1.54, 1.807) is 25.3 Å². The van der Waals surface area contributed by atoms with Crippen molar-refractivity contribution in [1.29, 1.82) is 0 Å². The van der Waals surface area contributed by atoms with Crippen LogP contribution in [-0.2, 0) is 4.74 Å². The molecule has 122 valence electrons. The van der Waals surface area contributed by atoms with Gasteiger partial charge in [-0.1, -0.05) is 23.2 Å². The summed E-state index contributed by atoms with van der Waals surface area (Å²) in [6.45, 7) is 1.11. The minimum absolute atomic E-state index is 0.241. The lowest BCUT2D eigenvalue weighted by atomic mass is 10.3. The van der Waals surface area contributed by atoms with Gasteiger partial charge in [-0.05, 0) is 24.6 Å². The number of ether oxygens (including phenoxy) is 1. The molecule has 1 amide bonds. The maximum atomic E-state index is 11.9. The van der Waals surface area contributed by atoms with Crippen LogP contribution in [0.15, 0.2) is 30.6 Å². The van der Waals surface area contributed by atoms with Gasteiger partial charge in [0.25, 0.3) is 5.91 Å². The van der Waals surface area contributed by atoms with E-state index in [1.807, 2.05) is 0 Å². The first-order valence-corrected chi connectivity index (χ1v) is 7.67. The molecule has 0 saturated heterocycles. The molecule has 1 heterocycles. The lowest BCUT2D eigenvalue weighted by Gasteiger charge is -2.08. The molecule has 2 aromatic rings. The van der Waals surface area contributed by atoms with Crippen LogP contribution < -0.4 is 10.6 Å². The van der Waals surface area contributed by atoms with E-state index in [4.69, 9.17) is 27.9 Å². The molecule has 0 spiro atoms. The molecule has 2 N–H and O–H groups in total. The van der Waals surface area contributed by atoms with Crippen molar-refractivity contribution in [3.8, 4) is 0 Å². The van der Waals surface area contributed by atoms with Crippen LogP contribution in [0, 0.1) is 0 Å². The highest BCUT2D eigenvalue weighted by molar-refractivity contribution is 6.35. The van der Waals surface area contributed by atoms with Gasteiger partial charge in [0.15, 0.2) is 0 Å². The van der Waals surface area contributed by atoms with Crippen molar-refractivity contribution in [2.45, 2.75) is 6.42 Å². The van der Waals surface area contributed by atoms with Gasteiger partial charge in [-0.15, -0.1) is 0 Å². The Kier molecular flexibility index (Phi) is 6.58. The molecule has 6 nitrogen and oxygen atoms in total. The summed E-state index contributed by atoms with van der Waals surface area (Å²) in [5.41, 5.74) is 0.857. The summed E-state index contributed by atoms with van der Waals surface area (Å²) in [4.78, 5) is 20.1. The van der Waals surface area contributed by atoms with E-state index < -0.39 is 0 Å². The Hall–Kier alpha value is -1.89. The molecule has 0 unspecified atom stereocenters. The Morgan fingerprint density at radius 3 is 2.78 bits per heavy atom. The van der Waals surface area contributed by atoms with Crippen LogP contribution in [0.5, 0.6) is 0 Å². The van der Waals surface area contributed by atoms with Gasteiger partial charge in [0.05, 0.1) is 23.1 Å². The molecule has 0 radical (unpaired) electrons. The zero-order valence-electron chi connectivity index (χ0n) is 12.5. The quantitative estimate of drug-likeness (QED) is 0.746. The van der Waals surface area contributed by atoms with Crippen molar-refractivity contribution >= 4 is 40.6 Å². The van der Waals surface area contributed by atoms with Crippen molar-refractivity contribution in [1.82, 2.24) is 15.3 Å². The van der Waals surface area contributed by atoms with Gasteiger partial charge in [0.2, 0.25) is 0 Å². The van der Waals surface area contributed by atoms with Crippen LogP contribution in [0.2, 0.25) is 10.0 Å². The maximum absolute atomic E-state index is 11.9. The third-order valence-electron chi connectivity index (χ3n) is 2.89. The SMILES string of the molecule is COCCCNC(=O)c1cnc(Nc2cc(Cl)ccc2Cl)cn1. The Morgan fingerprint density at radius 2 is 2.09 bits per heavy atom. The van der Waals surface area contributed by atoms with Crippen LogP contribution in [0.25, 0.3) is 0 Å². The number of aromatic nitrogens is 2. The monoisotopic (exact) mass is 354 g/mol. The van der Waals surface area contributed by atoms with Crippen molar-refractivity contribution in [3.05, 3.63) is 46.3 Å². The highest BCUT2D eigenvalue weighted by atomic mass is 35.5. The molecular formula is C15H16Cl2N4O2. The first-order valence-electron chi connectivity index (χ1n) is 6.91. The number of amides is 1. The Morgan fingerprint density at radius 1 is 1.26 bits per heavy atom. The molecule has 2 rings (SSSR count). The highest BCUT2D eigenvalue weighted by Gasteiger charge is 2.08. The Balaban J connectivity index is 1.96. The number of carbonyl (C=O) groups is 1. The van der Waals surface area contributed by atoms with Gasteiger partial charge >= 0.3 is 0 Å². The normalized spacial score (nSPS) is 10.4. The summed E-state index contributed by atoms with van der Waals surface area (Å²) in [5.74, 6) is 0.186. The summed E-state index contributed by atoms with van der Waals surface area (Å²) in [6, 6.07) is 5.06. The second kappa shape index (κ2) is 8.67. The predicted octanol–water partition coefficient (Wildman–Crippen LogP) is 3.29. The smallest absolute Gasteiger partial charge is 0.271 e. The largest absolute Gasteiger partial charge is 0.385 e. The lowest BCUT2D eigenvalue weighted by molar-refractivity contribution is 0.0943. The zero-order chi connectivity index (χ0) is 16.7. The van der Waals surface area contributed by atoms with Crippen LogP contribution in [0.1, 0.15) is 16.9 Å². The summed E-state index contributed by atoms with van der Waals surface area (Å²) < 4.78 is 4.91. The highest BCUT2D eigenvalue weighted by Crippen LogP contribution is 2.27. The summed E-state index contributed by atoms with van der Waals surface area (Å²) in [5, 5.41) is 6.80. The van der Waals surface area contributed by atoms with Gasteiger partial charge in [-0.3, -0.25) is 4.79 Å². The van der Waals surface area contributed by atoms with Gasteiger partial charge < -0.3 is 15.4 Å². The maximum Gasteiger partial charge on any atom is 0.271 e. The van der Waals surface area contributed by atoms with Crippen LogP contribution in [0.4, 0.5) is 11.5 Å². The molecule has 1 aromatic heterocycles. The standard InChI is InChI=1S/C15H16Cl2N4O2/c1-23-6-2-5-18-15(22)13-8-20-14(9-19-13)21-12-7-10(16)3-4-11(12)17/h3-4,7-9H,2,5-6H2,1H3,(H,18,22)(H,20,21). The van der Waals surface area contributed by atoms with Gasteiger partial charge in [-0.2, -0.15) is 0 Å². The topological polar surface area (TPSA) is 76.1 Å². The molecular weight excluding hydrogens is 339 g/mol. The molecule has 0 aliphatic heterocycles. The number of anilines is 2. The molecule has 0 aliphatic carbocycles. The summed E-state index contributed by atoms with van der Waals surface area (Å²) in [6.07, 6.45) is 3.59. The predicted molar refractivity (Wildman–Crippen MR) is 90.6 cm³/mol. The Labute approximate surface area is 144 Å². The van der Waals surface area contributed by atoms with Gasteiger partial charge in [-0.25, -0.2) is 9.97 Å². The van der Waals surface area contributed by atoms with E-state index in [9.17, 15) is 4.79 Å². The fourth-order valence-electron chi connectivity index (χ4n) is 1.75. The molecule has 0 saturated carbocycles. The van der Waals surface area contributed by atoms with Crippen molar-refractivity contribution in [2.24, 2.45) is 0 Å². The molecule has 23 heavy (non-hydrogen) atoms. The molecule has 1 aromatic carbocycles.